The molecule has 36 heavy (non-hydrogen) atoms. The zero-order valence-electron chi connectivity index (χ0n) is 19.1. The summed E-state index contributed by atoms with van der Waals surface area (Å²) in [7, 11) is 0. The number of fused-ring (bicyclic) bond motifs is 1. The summed E-state index contributed by atoms with van der Waals surface area (Å²) >= 11 is 0. The number of primary amides is 1. The summed E-state index contributed by atoms with van der Waals surface area (Å²) in [6.07, 6.45) is 0. The van der Waals surface area contributed by atoms with Gasteiger partial charge in [-0.3, -0.25) is 14.9 Å². The zero-order chi connectivity index (χ0) is 25.2. The monoisotopic (exact) mass is 486 g/mol. The highest BCUT2D eigenvalue weighted by molar-refractivity contribution is 5.95. The number of morpholine rings is 1. The normalized spacial score (nSPS) is 13.5. The minimum absolute atomic E-state index is 0.0624. The van der Waals surface area contributed by atoms with Crippen LogP contribution < -0.4 is 21.5 Å². The Morgan fingerprint density at radius 1 is 1.03 bits per heavy atom. The van der Waals surface area contributed by atoms with Crippen LogP contribution in [0.2, 0.25) is 0 Å². The third-order valence-corrected chi connectivity index (χ3v) is 5.97. The van der Waals surface area contributed by atoms with Crippen LogP contribution in [0.15, 0.2) is 71.5 Å². The van der Waals surface area contributed by atoms with Gasteiger partial charge < -0.3 is 20.7 Å². The molecule has 11 heteroatoms. The Morgan fingerprint density at radius 3 is 2.50 bits per heavy atom. The van der Waals surface area contributed by atoms with Crippen LogP contribution in [0.3, 0.4) is 0 Å². The number of nitrogens with two attached hydrogens (primary N) is 1. The van der Waals surface area contributed by atoms with E-state index in [0.717, 1.165) is 10.4 Å². The molecule has 0 saturated carbocycles. The van der Waals surface area contributed by atoms with Crippen LogP contribution in [0.5, 0.6) is 0 Å². The van der Waals surface area contributed by atoms with Gasteiger partial charge in [0.1, 0.15) is 5.69 Å². The number of nitro benzene ring substituents is 1. The highest BCUT2D eigenvalue weighted by Crippen LogP contribution is 2.31. The summed E-state index contributed by atoms with van der Waals surface area (Å²) in [5.74, 6) is 0. The number of aromatic nitrogens is 2. The molecular weight excluding hydrogens is 464 g/mol. The molecule has 0 aliphatic carbocycles. The van der Waals surface area contributed by atoms with Crippen molar-refractivity contribution in [3.8, 4) is 16.9 Å². The van der Waals surface area contributed by atoms with Crippen molar-refractivity contribution in [2.24, 2.45) is 5.73 Å². The van der Waals surface area contributed by atoms with Crippen molar-refractivity contribution in [2.45, 2.75) is 0 Å². The molecule has 1 saturated heterocycles. The van der Waals surface area contributed by atoms with Gasteiger partial charge in [-0.05, 0) is 30.3 Å². The first-order valence-electron chi connectivity index (χ1n) is 11.2. The van der Waals surface area contributed by atoms with Gasteiger partial charge >= 0.3 is 6.03 Å². The zero-order valence-corrected chi connectivity index (χ0v) is 19.1. The lowest BCUT2D eigenvalue weighted by Gasteiger charge is -2.29. The number of nitrogens with one attached hydrogen (secondary N) is 1. The Kier molecular flexibility index (Phi) is 6.05. The number of amides is 2. The van der Waals surface area contributed by atoms with E-state index in [0.29, 0.717) is 54.0 Å². The number of ether oxygens (including phenoxy) is 1. The second kappa shape index (κ2) is 9.47. The second-order valence-corrected chi connectivity index (χ2v) is 8.21. The molecule has 11 nitrogen and oxygen atoms in total. The summed E-state index contributed by atoms with van der Waals surface area (Å²) in [4.78, 5) is 38.4. The van der Waals surface area contributed by atoms with Crippen molar-refractivity contribution in [3.63, 3.8) is 0 Å². The number of hydrogen-bond donors (Lipinski definition) is 2. The molecule has 1 fully saturated rings. The first-order chi connectivity index (χ1) is 17.4. The van der Waals surface area contributed by atoms with Crippen molar-refractivity contribution >= 4 is 33.9 Å². The Hall–Kier alpha value is -4.77. The van der Waals surface area contributed by atoms with E-state index in [1.54, 1.807) is 60.7 Å². The van der Waals surface area contributed by atoms with Crippen molar-refractivity contribution < 1.29 is 14.5 Å². The lowest BCUT2D eigenvalue weighted by Crippen LogP contribution is -2.36. The molecule has 3 N–H and O–H groups in total. The number of anilines is 2. The quantitative estimate of drug-likeness (QED) is 0.325. The van der Waals surface area contributed by atoms with Crippen LogP contribution in [0.4, 0.5) is 21.9 Å². The number of urea groups is 1. The molecule has 3 aromatic carbocycles. The molecule has 1 aliphatic heterocycles. The molecular formula is C25H22N6O5. The van der Waals surface area contributed by atoms with E-state index in [1.165, 1.54) is 6.07 Å². The van der Waals surface area contributed by atoms with E-state index >= 15 is 0 Å². The molecule has 0 atom stereocenters. The van der Waals surface area contributed by atoms with Crippen LogP contribution in [-0.4, -0.2) is 47.0 Å². The van der Waals surface area contributed by atoms with Gasteiger partial charge in [0.25, 0.3) is 11.2 Å². The van der Waals surface area contributed by atoms with Crippen molar-refractivity contribution in [2.75, 3.05) is 36.5 Å². The van der Waals surface area contributed by atoms with Crippen LogP contribution in [0, 0.1) is 10.1 Å². The van der Waals surface area contributed by atoms with E-state index in [1.807, 2.05) is 4.90 Å². The Labute approximate surface area is 204 Å². The minimum atomic E-state index is -0.717. The summed E-state index contributed by atoms with van der Waals surface area (Å²) in [6, 6.07) is 17.7. The van der Waals surface area contributed by atoms with Crippen LogP contribution >= 0.6 is 0 Å². The van der Waals surface area contributed by atoms with E-state index in [4.69, 9.17) is 10.5 Å². The van der Waals surface area contributed by atoms with Crippen LogP contribution in [0.1, 0.15) is 0 Å². The third kappa shape index (κ3) is 4.34. The molecule has 0 bridgehead atoms. The molecule has 1 aliphatic rings. The number of carbonyl (C=O) groups excluding carboxylic acids is 1. The van der Waals surface area contributed by atoms with Gasteiger partial charge in [-0.25, -0.2) is 4.79 Å². The van der Waals surface area contributed by atoms with Crippen molar-refractivity contribution in [1.82, 2.24) is 9.78 Å². The molecule has 5 rings (SSSR count). The number of carbonyl (C=O) groups is 1. The van der Waals surface area contributed by atoms with E-state index in [2.05, 4.69) is 10.4 Å². The van der Waals surface area contributed by atoms with Gasteiger partial charge in [0.05, 0.1) is 29.2 Å². The van der Waals surface area contributed by atoms with Crippen molar-refractivity contribution in [3.05, 3.63) is 87.2 Å². The largest absolute Gasteiger partial charge is 0.378 e. The number of nitrogens with zero attached hydrogens (tertiary/aromatic N) is 4. The van der Waals surface area contributed by atoms with Gasteiger partial charge in [0.15, 0.2) is 0 Å². The fraction of sp³-hybridized carbons (Fsp3) is 0.160. The molecule has 182 valence electrons. The molecule has 2 heterocycles. The SMILES string of the molecule is NC(=O)Nc1cccc(-c2nn(-c3cc(N4CCOCC4)ccc3[N+](=O)[O-])c(=O)c3ccccc23)c1. The van der Waals surface area contributed by atoms with Crippen LogP contribution in [-0.2, 0) is 4.74 Å². The summed E-state index contributed by atoms with van der Waals surface area (Å²) in [5, 5.41) is 20.0. The van der Waals surface area contributed by atoms with Gasteiger partial charge in [-0.15, -0.1) is 0 Å². The second-order valence-electron chi connectivity index (χ2n) is 8.21. The van der Waals surface area contributed by atoms with Gasteiger partial charge in [0.2, 0.25) is 0 Å². The summed E-state index contributed by atoms with van der Waals surface area (Å²) < 4.78 is 6.49. The summed E-state index contributed by atoms with van der Waals surface area (Å²) in [5.41, 5.74) is 6.79. The fourth-order valence-electron chi connectivity index (χ4n) is 4.31. The van der Waals surface area contributed by atoms with E-state index in [9.17, 15) is 19.7 Å². The Balaban J connectivity index is 1.75. The third-order valence-electron chi connectivity index (χ3n) is 5.97. The Morgan fingerprint density at radius 2 is 1.78 bits per heavy atom. The molecule has 2 amide bonds. The number of benzene rings is 3. The van der Waals surface area contributed by atoms with Crippen molar-refractivity contribution in [1.29, 1.82) is 0 Å². The topological polar surface area (TPSA) is 146 Å². The van der Waals surface area contributed by atoms with Gasteiger partial charge in [0, 0.05) is 41.5 Å². The summed E-state index contributed by atoms with van der Waals surface area (Å²) in [6.45, 7) is 2.34. The molecule has 0 spiro atoms. The predicted octanol–water partition coefficient (Wildman–Crippen LogP) is 3.29. The number of hydrogen-bond acceptors (Lipinski definition) is 7. The maximum Gasteiger partial charge on any atom is 0.316 e. The highest BCUT2D eigenvalue weighted by Gasteiger charge is 2.23. The predicted molar refractivity (Wildman–Crippen MR) is 136 cm³/mol. The smallest absolute Gasteiger partial charge is 0.316 e. The molecule has 0 unspecified atom stereocenters. The van der Waals surface area contributed by atoms with E-state index in [-0.39, 0.29) is 11.4 Å². The standard InChI is InChI=1S/C25H22N6O5/c26-25(33)27-17-5-3-4-16(14-17)23-19-6-1-2-7-20(19)24(32)30(28-23)22-15-18(8-9-21(22)31(34)35)29-10-12-36-13-11-29/h1-9,14-15H,10-13H2,(H3,26,27,33). The van der Waals surface area contributed by atoms with Crippen LogP contribution in [0.25, 0.3) is 27.7 Å². The lowest BCUT2D eigenvalue weighted by molar-refractivity contribution is -0.384. The number of nitro groups is 1. The fourth-order valence-corrected chi connectivity index (χ4v) is 4.31. The molecule has 4 aromatic rings. The minimum Gasteiger partial charge on any atom is -0.378 e. The highest BCUT2D eigenvalue weighted by atomic mass is 16.6. The Bertz CT molecular complexity index is 1540. The average Bonchev–Trinajstić information content (AvgIpc) is 2.89. The molecule has 0 radical (unpaired) electrons. The molecule has 1 aromatic heterocycles. The average molecular weight is 486 g/mol. The van der Waals surface area contributed by atoms with E-state index < -0.39 is 16.5 Å². The lowest BCUT2D eigenvalue weighted by atomic mass is 10.0. The van der Waals surface area contributed by atoms with Gasteiger partial charge in [-0.2, -0.15) is 9.78 Å². The maximum atomic E-state index is 13.6. The first kappa shape index (κ1) is 23.0. The maximum absolute atomic E-state index is 13.6. The number of rotatable bonds is 5. The first-order valence-corrected chi connectivity index (χ1v) is 11.2. The van der Waals surface area contributed by atoms with Gasteiger partial charge in [-0.1, -0.05) is 30.3 Å².